The van der Waals surface area contributed by atoms with Gasteiger partial charge < -0.3 is 29.7 Å². The molecule has 258 valence electrons. The molecule has 2 aromatic heterocycles. The number of fused-ring (bicyclic) bond motifs is 1. The van der Waals surface area contributed by atoms with Crippen LogP contribution >= 0.6 is 11.6 Å². The monoisotopic (exact) mass is 686 g/mol. The van der Waals surface area contributed by atoms with E-state index in [0.29, 0.717) is 48.5 Å². The fourth-order valence-electron chi connectivity index (χ4n) is 7.61. The highest BCUT2D eigenvalue weighted by molar-refractivity contribution is 6.31. The van der Waals surface area contributed by atoms with E-state index in [1.165, 1.54) is 27.8 Å². The second-order valence-electron chi connectivity index (χ2n) is 14.2. The molecule has 6 rings (SSSR count). The minimum atomic E-state index is -1.52. The van der Waals surface area contributed by atoms with Crippen molar-refractivity contribution < 1.29 is 33.3 Å². The average Bonchev–Trinajstić information content (AvgIpc) is 3.75. The number of rotatable bonds is 7. The van der Waals surface area contributed by atoms with E-state index in [4.69, 9.17) is 16.3 Å². The van der Waals surface area contributed by atoms with Crippen LogP contribution in [0.15, 0.2) is 30.6 Å². The molecule has 0 radical (unpaired) electrons. The summed E-state index contributed by atoms with van der Waals surface area (Å²) in [5.74, 6) is -1.62. The van der Waals surface area contributed by atoms with Crippen LogP contribution in [0, 0.1) is 23.5 Å². The van der Waals surface area contributed by atoms with E-state index in [2.05, 4.69) is 15.4 Å². The van der Waals surface area contributed by atoms with E-state index in [-0.39, 0.29) is 66.7 Å². The third-order valence-electron chi connectivity index (χ3n) is 9.54. The lowest BCUT2D eigenvalue weighted by Crippen LogP contribution is -2.39. The van der Waals surface area contributed by atoms with Crippen LogP contribution in [-0.2, 0) is 23.9 Å². The van der Waals surface area contributed by atoms with Crippen molar-refractivity contribution in [2.75, 3.05) is 25.0 Å². The van der Waals surface area contributed by atoms with Crippen molar-refractivity contribution in [2.45, 2.75) is 76.5 Å². The topological polar surface area (TPSA) is 135 Å². The van der Waals surface area contributed by atoms with Gasteiger partial charge in [-0.05, 0) is 88.5 Å². The fourth-order valence-corrected chi connectivity index (χ4v) is 7.79. The first-order chi connectivity index (χ1) is 22.7. The second kappa shape index (κ2) is 12.9. The van der Waals surface area contributed by atoms with E-state index >= 15 is 4.39 Å². The zero-order valence-electron chi connectivity index (χ0n) is 27.5. The Morgan fingerprint density at radius 3 is 2.54 bits per heavy atom. The van der Waals surface area contributed by atoms with Crippen molar-refractivity contribution in [3.63, 3.8) is 0 Å². The highest BCUT2D eigenvalue weighted by atomic mass is 35.5. The minimum Gasteiger partial charge on any atom is -0.444 e. The van der Waals surface area contributed by atoms with Crippen LogP contribution in [0.3, 0.4) is 0 Å². The Labute approximate surface area is 282 Å². The number of aliphatic hydroxyl groups excluding tert-OH is 1. The number of nitrogens with zero attached hydrogens (tertiary/aromatic N) is 5. The van der Waals surface area contributed by atoms with E-state index in [1.54, 1.807) is 38.7 Å². The van der Waals surface area contributed by atoms with Crippen molar-refractivity contribution in [2.24, 2.45) is 18.9 Å². The minimum absolute atomic E-state index is 0.00125. The summed E-state index contributed by atoms with van der Waals surface area (Å²) in [4.78, 5) is 32.2. The molecule has 2 fully saturated rings. The molecule has 3 heterocycles. The van der Waals surface area contributed by atoms with Crippen LogP contribution < -0.4 is 5.32 Å². The first-order valence-corrected chi connectivity index (χ1v) is 16.6. The van der Waals surface area contributed by atoms with Gasteiger partial charge in [0.05, 0.1) is 36.7 Å². The van der Waals surface area contributed by atoms with Crippen molar-refractivity contribution in [1.82, 2.24) is 24.2 Å². The number of anilines is 1. The number of aryl methyl sites for hydroxylation is 1. The normalized spacial score (nSPS) is 24.1. The number of hydrogen-bond acceptors (Lipinski definition) is 7. The Balaban J connectivity index is 1.19. The Bertz CT molecular complexity index is 1750. The van der Waals surface area contributed by atoms with Crippen LogP contribution in [0.5, 0.6) is 0 Å². The fraction of sp³-hybridized carbons (Fsp3) is 0.529. The second-order valence-corrected chi connectivity index (χ2v) is 14.6. The molecule has 0 spiro atoms. The largest absolute Gasteiger partial charge is 0.444 e. The highest BCUT2D eigenvalue weighted by Crippen LogP contribution is 2.57. The first-order valence-electron chi connectivity index (χ1n) is 16.2. The summed E-state index contributed by atoms with van der Waals surface area (Å²) in [6.07, 6.45) is 5.30. The van der Waals surface area contributed by atoms with Gasteiger partial charge in [0, 0.05) is 25.2 Å². The van der Waals surface area contributed by atoms with Crippen molar-refractivity contribution in [3.8, 4) is 0 Å². The van der Waals surface area contributed by atoms with Crippen LogP contribution in [0.2, 0.25) is 5.02 Å². The summed E-state index contributed by atoms with van der Waals surface area (Å²) < 4.78 is 38.6. The van der Waals surface area contributed by atoms with E-state index in [9.17, 15) is 24.2 Å². The lowest BCUT2D eigenvalue weighted by atomic mass is 9.89. The molecule has 0 saturated heterocycles. The molecule has 2 amide bonds. The van der Waals surface area contributed by atoms with Crippen LogP contribution in [0.1, 0.15) is 86.4 Å². The maximum absolute atomic E-state index is 16.4. The maximum atomic E-state index is 16.4. The summed E-state index contributed by atoms with van der Waals surface area (Å²) in [6, 6.07) is 3.97. The van der Waals surface area contributed by atoms with Crippen molar-refractivity contribution in [3.05, 3.63) is 70.0 Å². The number of aromatic nitrogens is 4. The van der Waals surface area contributed by atoms with Crippen LogP contribution in [-0.4, -0.2) is 71.7 Å². The van der Waals surface area contributed by atoms with Gasteiger partial charge in [0.2, 0.25) is 0 Å². The van der Waals surface area contributed by atoms with Gasteiger partial charge >= 0.3 is 6.09 Å². The van der Waals surface area contributed by atoms with Crippen LogP contribution in [0.25, 0.3) is 5.57 Å². The molecule has 11 nitrogen and oxygen atoms in total. The summed E-state index contributed by atoms with van der Waals surface area (Å²) in [7, 11) is 1.73. The molecule has 1 aromatic carbocycles. The van der Waals surface area contributed by atoms with E-state index < -0.39 is 34.8 Å². The third kappa shape index (κ3) is 6.59. The summed E-state index contributed by atoms with van der Waals surface area (Å²) in [6.45, 7) is 5.60. The zero-order chi connectivity index (χ0) is 34.5. The number of benzene rings is 1. The molecule has 2 saturated carbocycles. The first kappa shape index (κ1) is 34.1. The number of hydrogen-bond donors (Lipinski definition) is 3. The van der Waals surface area contributed by atoms with Crippen molar-refractivity contribution >= 4 is 34.9 Å². The van der Waals surface area contributed by atoms with E-state index in [1.807, 2.05) is 6.08 Å². The number of imidazole rings is 1. The molecule has 2 aliphatic carbocycles. The number of carbonyl (C=O) groups excluding carboxylic acids is 2. The highest BCUT2D eigenvalue weighted by Gasteiger charge is 2.53. The molecular weight excluding hydrogens is 646 g/mol. The van der Waals surface area contributed by atoms with Gasteiger partial charge in [-0.15, -0.1) is 0 Å². The third-order valence-corrected chi connectivity index (χ3v) is 9.83. The van der Waals surface area contributed by atoms with Gasteiger partial charge in [0.1, 0.15) is 34.1 Å². The predicted molar refractivity (Wildman–Crippen MR) is 174 cm³/mol. The standard InChI is InChI=1S/C34H41ClF2N6O5/c1-33(2,3)48-32(46)42-9-5-6-19(17-42)27-26(37)30(43(40-27)10-11-44)34(47)15-21-12-20(13-22(21)16-34)28-29(41(4)18-38-28)31(45)39-23-7-8-25(36)24(35)14-23/h6-8,14,18,20-22,44,47H,5,9-13,15-17H2,1-4H3,(H,39,45). The number of halogens is 3. The molecule has 3 N–H and O–H groups in total. The number of aliphatic hydroxyl groups is 2. The van der Waals surface area contributed by atoms with Crippen molar-refractivity contribution in [1.29, 1.82) is 0 Å². The molecule has 1 aliphatic heterocycles. The zero-order valence-corrected chi connectivity index (χ0v) is 28.2. The summed E-state index contributed by atoms with van der Waals surface area (Å²) in [5.41, 5.74) is -0.192. The molecule has 2 unspecified atom stereocenters. The average molecular weight is 687 g/mol. The Kier molecular flexibility index (Phi) is 9.16. The molecule has 2 atom stereocenters. The van der Waals surface area contributed by atoms with Gasteiger partial charge in [0.15, 0.2) is 5.82 Å². The van der Waals surface area contributed by atoms with Gasteiger partial charge in [-0.2, -0.15) is 5.10 Å². The molecule has 0 bridgehead atoms. The molecular formula is C34H41ClF2N6O5. The summed E-state index contributed by atoms with van der Waals surface area (Å²) in [5, 5.41) is 29.0. The molecule has 14 heteroatoms. The Morgan fingerprint density at radius 2 is 1.90 bits per heavy atom. The quantitative estimate of drug-likeness (QED) is 0.294. The van der Waals surface area contributed by atoms with Gasteiger partial charge in [-0.1, -0.05) is 17.7 Å². The van der Waals surface area contributed by atoms with E-state index in [0.717, 1.165) is 0 Å². The number of ether oxygens (including phenoxy) is 1. The Morgan fingerprint density at radius 1 is 1.19 bits per heavy atom. The lowest BCUT2D eigenvalue weighted by Gasteiger charge is -2.30. The number of nitrogens with one attached hydrogen (secondary N) is 1. The van der Waals surface area contributed by atoms with Crippen LogP contribution in [0.4, 0.5) is 19.3 Å². The van der Waals surface area contributed by atoms with Gasteiger partial charge in [-0.3, -0.25) is 9.48 Å². The number of carbonyl (C=O) groups is 2. The molecule has 3 aromatic rings. The lowest BCUT2D eigenvalue weighted by molar-refractivity contribution is 0.0207. The Hall–Kier alpha value is -3.81. The summed E-state index contributed by atoms with van der Waals surface area (Å²) >= 11 is 5.90. The molecule has 48 heavy (non-hydrogen) atoms. The van der Waals surface area contributed by atoms with Gasteiger partial charge in [-0.25, -0.2) is 18.6 Å². The SMILES string of the molecule is Cn1cnc(C2CC3CC(O)(c4c(F)c(C5=CCCN(C(=O)OC(C)(C)C)C5)nn4CCO)CC3C2)c1C(=O)Nc1ccc(F)c(Cl)c1. The predicted octanol–water partition coefficient (Wildman–Crippen LogP) is 5.61. The van der Waals surface area contributed by atoms with Gasteiger partial charge in [0.25, 0.3) is 5.91 Å². The smallest absolute Gasteiger partial charge is 0.410 e. The maximum Gasteiger partial charge on any atom is 0.410 e. The molecule has 3 aliphatic rings. The number of amides is 2.